The summed E-state index contributed by atoms with van der Waals surface area (Å²) in [6, 6.07) is 22.0. The lowest BCUT2D eigenvalue weighted by Gasteiger charge is -2.28. The number of rotatable bonds is 8. The van der Waals surface area contributed by atoms with Gasteiger partial charge < -0.3 is 25.0 Å². The van der Waals surface area contributed by atoms with Crippen molar-refractivity contribution < 1.29 is 9.18 Å². The van der Waals surface area contributed by atoms with Gasteiger partial charge >= 0.3 is 0 Å². The highest BCUT2D eigenvalue weighted by Crippen LogP contribution is 2.41. The monoisotopic (exact) mass is 556 g/mol. The number of carbonyl (C=O) groups excluding carboxylic acids is 1. The molecule has 1 aliphatic rings. The molecule has 0 radical (unpaired) electrons. The normalized spacial score (nSPS) is 16.6. The molecule has 1 saturated heterocycles. The average Bonchev–Trinajstić information content (AvgIpc) is 3.43. The van der Waals surface area contributed by atoms with Crippen molar-refractivity contribution in [3.8, 4) is 5.69 Å². The van der Waals surface area contributed by atoms with Crippen LogP contribution < -0.4 is 15.5 Å². The maximum absolute atomic E-state index is 13.3. The highest BCUT2D eigenvalue weighted by Gasteiger charge is 2.41. The highest BCUT2D eigenvalue weighted by atomic mass is 32.1. The lowest BCUT2D eigenvalue weighted by atomic mass is 9.96. The largest absolute Gasteiger partial charge is 0.378 e. The third-order valence-corrected chi connectivity index (χ3v) is 7.67. The molecule has 5 rings (SSSR count). The number of carbonyl (C=O) groups is 1. The molecule has 0 saturated carbocycles. The van der Waals surface area contributed by atoms with Gasteiger partial charge in [-0.15, -0.1) is 0 Å². The molecule has 206 valence electrons. The fraction of sp³-hybridized carbons (Fsp3) is 0.258. The van der Waals surface area contributed by atoms with Crippen LogP contribution in [-0.4, -0.2) is 46.1 Å². The van der Waals surface area contributed by atoms with E-state index in [1.54, 1.807) is 18.3 Å². The van der Waals surface area contributed by atoms with Crippen molar-refractivity contribution in [2.24, 2.45) is 0 Å². The number of halogens is 1. The molecule has 1 amide bonds. The van der Waals surface area contributed by atoms with E-state index in [0.717, 1.165) is 34.0 Å². The molecular formula is C31H33FN6OS. The first-order valence-corrected chi connectivity index (χ1v) is 13.6. The van der Waals surface area contributed by atoms with Gasteiger partial charge in [0, 0.05) is 61.7 Å². The summed E-state index contributed by atoms with van der Waals surface area (Å²) in [6.07, 6.45) is 2.00. The minimum Gasteiger partial charge on any atom is -0.378 e. The van der Waals surface area contributed by atoms with Gasteiger partial charge in [-0.1, -0.05) is 6.07 Å². The molecule has 9 heteroatoms. The average molecular weight is 557 g/mol. The predicted octanol–water partition coefficient (Wildman–Crippen LogP) is 5.70. The number of thiocarbonyl (C=S) groups is 1. The Bertz CT molecular complexity index is 1500. The van der Waals surface area contributed by atoms with Gasteiger partial charge in [0.05, 0.1) is 17.8 Å². The zero-order valence-corrected chi connectivity index (χ0v) is 23.9. The highest BCUT2D eigenvalue weighted by molar-refractivity contribution is 7.80. The minimum atomic E-state index is -0.346. The van der Waals surface area contributed by atoms with Crippen LogP contribution in [0.25, 0.3) is 5.69 Å². The summed E-state index contributed by atoms with van der Waals surface area (Å²) in [5.41, 5.74) is 6.99. The van der Waals surface area contributed by atoms with Gasteiger partial charge in [-0.05, 0) is 98.4 Å². The maximum Gasteiger partial charge on any atom is 0.226 e. The van der Waals surface area contributed by atoms with Gasteiger partial charge in [0.1, 0.15) is 5.82 Å². The van der Waals surface area contributed by atoms with Crippen LogP contribution >= 0.6 is 12.2 Å². The van der Waals surface area contributed by atoms with Crippen molar-refractivity contribution in [1.29, 1.82) is 0 Å². The van der Waals surface area contributed by atoms with Gasteiger partial charge in [-0.3, -0.25) is 9.78 Å². The Balaban J connectivity index is 1.46. The summed E-state index contributed by atoms with van der Waals surface area (Å²) in [5, 5.41) is 6.90. The van der Waals surface area contributed by atoms with Crippen LogP contribution in [-0.2, 0) is 4.79 Å². The molecule has 0 unspecified atom stereocenters. The zero-order valence-electron chi connectivity index (χ0n) is 23.1. The van der Waals surface area contributed by atoms with Crippen molar-refractivity contribution in [3.63, 3.8) is 0 Å². The van der Waals surface area contributed by atoms with E-state index in [9.17, 15) is 9.18 Å². The molecule has 3 heterocycles. The molecule has 2 atom stereocenters. The first-order chi connectivity index (χ1) is 19.2. The molecule has 1 fully saturated rings. The Hall–Kier alpha value is -4.24. The number of aromatic nitrogens is 2. The Morgan fingerprint density at radius 2 is 1.80 bits per heavy atom. The smallest absolute Gasteiger partial charge is 0.226 e. The molecule has 0 spiro atoms. The number of nitrogens with one attached hydrogen (secondary N) is 2. The summed E-state index contributed by atoms with van der Waals surface area (Å²) in [7, 11) is 4.06. The van der Waals surface area contributed by atoms with Gasteiger partial charge in [0.15, 0.2) is 5.11 Å². The molecule has 4 aromatic rings. The van der Waals surface area contributed by atoms with E-state index in [1.807, 2.05) is 32.3 Å². The number of pyridine rings is 1. The van der Waals surface area contributed by atoms with Crippen molar-refractivity contribution >= 4 is 34.6 Å². The maximum atomic E-state index is 13.3. The standard InChI is InChI=1S/C31H33FN6OS/c1-20-19-26(21(2)38(20)25-14-12-24(13-15-25)36(3)4)30-29(27-7-5-6-17-33-27)35-31(40)37(30)18-16-28(39)34-23-10-8-22(32)9-11-23/h5-15,17,19,29-30H,16,18H2,1-4H3,(H,34,39)(H,35,40)/t29-,30-/m1/s1. The molecule has 1 aliphatic heterocycles. The number of hydrogen-bond acceptors (Lipinski definition) is 4. The number of benzene rings is 2. The van der Waals surface area contributed by atoms with E-state index in [1.165, 1.54) is 12.1 Å². The molecule has 40 heavy (non-hydrogen) atoms. The zero-order chi connectivity index (χ0) is 28.4. The number of aryl methyl sites for hydroxylation is 1. The van der Waals surface area contributed by atoms with E-state index >= 15 is 0 Å². The molecule has 0 bridgehead atoms. The van der Waals surface area contributed by atoms with E-state index < -0.39 is 0 Å². The predicted molar refractivity (Wildman–Crippen MR) is 161 cm³/mol. The first-order valence-electron chi connectivity index (χ1n) is 13.2. The summed E-state index contributed by atoms with van der Waals surface area (Å²) in [5.74, 6) is -0.512. The number of anilines is 2. The third kappa shape index (κ3) is 5.56. The lowest BCUT2D eigenvalue weighted by Crippen LogP contribution is -2.32. The summed E-state index contributed by atoms with van der Waals surface area (Å²) >= 11 is 5.81. The van der Waals surface area contributed by atoms with E-state index in [-0.39, 0.29) is 30.2 Å². The minimum absolute atomic E-state index is 0.165. The second-order valence-electron chi connectivity index (χ2n) is 10.2. The number of nitrogens with zero attached hydrogens (tertiary/aromatic N) is 4. The summed E-state index contributed by atoms with van der Waals surface area (Å²) in [6.45, 7) is 4.64. The van der Waals surface area contributed by atoms with Crippen LogP contribution in [0, 0.1) is 19.7 Å². The summed E-state index contributed by atoms with van der Waals surface area (Å²) in [4.78, 5) is 21.6. The van der Waals surface area contributed by atoms with Gasteiger partial charge in [-0.25, -0.2) is 4.39 Å². The van der Waals surface area contributed by atoms with E-state index in [2.05, 4.69) is 74.2 Å². The van der Waals surface area contributed by atoms with E-state index in [4.69, 9.17) is 12.2 Å². The van der Waals surface area contributed by atoms with Crippen molar-refractivity contribution in [2.75, 3.05) is 30.9 Å². The topological polar surface area (TPSA) is 65.4 Å². The number of hydrogen-bond donors (Lipinski definition) is 2. The van der Waals surface area contributed by atoms with Crippen LogP contribution in [0.5, 0.6) is 0 Å². The fourth-order valence-electron chi connectivity index (χ4n) is 5.35. The van der Waals surface area contributed by atoms with Gasteiger partial charge in [0.2, 0.25) is 5.91 Å². The van der Waals surface area contributed by atoms with Crippen LogP contribution in [0.2, 0.25) is 0 Å². The Morgan fingerprint density at radius 1 is 1.07 bits per heavy atom. The first kappa shape index (κ1) is 27.3. The second kappa shape index (κ2) is 11.5. The summed E-state index contributed by atoms with van der Waals surface area (Å²) < 4.78 is 15.5. The van der Waals surface area contributed by atoms with Crippen molar-refractivity contribution in [3.05, 3.63) is 107 Å². The fourth-order valence-corrected chi connectivity index (χ4v) is 5.68. The molecule has 2 N–H and O–H groups in total. The molecule has 2 aromatic heterocycles. The third-order valence-electron chi connectivity index (χ3n) is 7.32. The van der Waals surface area contributed by atoms with Gasteiger partial charge in [-0.2, -0.15) is 0 Å². The molecule has 0 aliphatic carbocycles. The quantitative estimate of drug-likeness (QED) is 0.272. The van der Waals surface area contributed by atoms with Crippen LogP contribution in [0.15, 0.2) is 79.0 Å². The Kier molecular flexibility index (Phi) is 7.84. The van der Waals surface area contributed by atoms with Crippen molar-refractivity contribution in [2.45, 2.75) is 32.4 Å². The SMILES string of the molecule is Cc1cc([C@@H]2[C@@H](c3ccccn3)NC(=S)N2CCC(=O)Nc2ccc(F)cc2)c(C)n1-c1ccc(N(C)C)cc1. The molecular weight excluding hydrogens is 523 g/mol. The second-order valence-corrected chi connectivity index (χ2v) is 10.6. The molecule has 2 aromatic carbocycles. The molecule has 7 nitrogen and oxygen atoms in total. The van der Waals surface area contributed by atoms with Crippen LogP contribution in [0.3, 0.4) is 0 Å². The van der Waals surface area contributed by atoms with Gasteiger partial charge in [0.25, 0.3) is 0 Å². The Morgan fingerprint density at radius 3 is 2.45 bits per heavy atom. The Labute approximate surface area is 239 Å². The van der Waals surface area contributed by atoms with Crippen LogP contribution in [0.4, 0.5) is 15.8 Å². The van der Waals surface area contributed by atoms with E-state index in [0.29, 0.717) is 17.3 Å². The number of amides is 1. The lowest BCUT2D eigenvalue weighted by molar-refractivity contribution is -0.116. The van der Waals surface area contributed by atoms with Crippen LogP contribution in [0.1, 0.15) is 41.1 Å². The van der Waals surface area contributed by atoms with Crippen molar-refractivity contribution in [1.82, 2.24) is 19.8 Å².